The number of ether oxygens (including phenoxy) is 1. The zero-order chi connectivity index (χ0) is 38.1. The van der Waals surface area contributed by atoms with Gasteiger partial charge in [-0.15, -0.1) is 23.1 Å². The van der Waals surface area contributed by atoms with Crippen molar-refractivity contribution in [1.82, 2.24) is 25.1 Å². The van der Waals surface area contributed by atoms with Crippen LogP contribution in [-0.4, -0.2) is 112 Å². The molecule has 0 bridgehead atoms. The number of β-lactam (4-membered cyclic amide) rings is 1. The fourth-order valence-electron chi connectivity index (χ4n) is 5.13. The molecule has 3 amide bonds. The van der Waals surface area contributed by atoms with Crippen LogP contribution in [0.3, 0.4) is 0 Å². The predicted octanol–water partition coefficient (Wildman–Crippen LogP) is 1.81. The minimum atomic E-state index is -1.83. The average molecular weight is 760 g/mol. The number of phenols is 2. The molecule has 0 spiro atoms. The van der Waals surface area contributed by atoms with Gasteiger partial charge in [-0.1, -0.05) is 18.5 Å². The summed E-state index contributed by atoms with van der Waals surface area (Å²) in [6.07, 6.45) is 0.591. The number of benzene rings is 1. The Morgan fingerprint density at radius 2 is 1.90 bits per heavy atom. The molecule has 0 saturated carbocycles. The quantitative estimate of drug-likeness (QED) is 0.0430. The summed E-state index contributed by atoms with van der Waals surface area (Å²) < 4.78 is 5.07. The summed E-state index contributed by atoms with van der Waals surface area (Å²) >= 11 is 2.12. The molecular weight excluding hydrogens is 727 g/mol. The zero-order valence-electron chi connectivity index (χ0n) is 27.7. The number of thioether (sulfide) groups is 1. The number of phenolic OH excluding ortho intramolecular Hbond substituents is 2. The molecule has 8 N–H and O–H groups in total. The molecule has 4 heterocycles. The van der Waals surface area contributed by atoms with E-state index in [-0.39, 0.29) is 57.6 Å². The lowest BCUT2D eigenvalue weighted by Crippen LogP contribution is -2.70. The van der Waals surface area contributed by atoms with Gasteiger partial charge in [-0.05, 0) is 26.3 Å². The molecular formula is C31H33N7O12S2. The normalized spacial score (nSPS) is 17.3. The Morgan fingerprint density at radius 1 is 1.19 bits per heavy atom. The number of anilines is 1. The SMILES string of the molecule is CCCCN(CC1=C(OC(=O)O)N2C(=O)C(NC(=O)/C(=N\OC(C)(C)C(=O)O)c3csc(N)n3)[C@@H]2SC1)C(=O)c1c[nH]c2cc(O)c(O)cc2c1=O. The molecule has 19 nitrogen and oxygen atoms in total. The van der Waals surface area contributed by atoms with E-state index in [2.05, 4.69) is 20.4 Å². The van der Waals surface area contributed by atoms with Gasteiger partial charge in [-0.3, -0.25) is 24.1 Å². The first-order valence-electron chi connectivity index (χ1n) is 15.5. The number of aromatic hydroxyl groups is 2. The van der Waals surface area contributed by atoms with Crippen LogP contribution in [0, 0.1) is 0 Å². The first kappa shape index (κ1) is 37.4. The molecule has 21 heteroatoms. The minimum Gasteiger partial charge on any atom is -0.504 e. The lowest BCUT2D eigenvalue weighted by atomic mass is 10.0. The highest BCUT2D eigenvalue weighted by molar-refractivity contribution is 8.00. The van der Waals surface area contributed by atoms with Gasteiger partial charge in [-0.2, -0.15) is 0 Å². The van der Waals surface area contributed by atoms with E-state index in [1.54, 1.807) is 0 Å². The standard InChI is InChI=1S/C31H33N7O12S2/c1-4-5-6-37(24(43)15-9-33-16-8-19(40)18(39)7-14(16)22(15)41)10-13-11-51-27-21(25(44)38(27)26(13)49-30(47)48)35-23(42)20(17-12-52-29(32)34-17)36-50-31(2,3)28(45)46/h7-9,12,21,27,39-40H,4-6,10-11H2,1-3H3,(H2,32,34)(H,33,41)(H,35,42)(H,45,46)(H,47,48)/b36-20-/t21?,27-/m0/s1. The molecule has 2 aliphatic rings. The number of amides is 3. The Morgan fingerprint density at radius 3 is 2.54 bits per heavy atom. The number of H-pyrrole nitrogens is 1. The average Bonchev–Trinajstić information content (AvgIpc) is 3.51. The zero-order valence-corrected chi connectivity index (χ0v) is 29.4. The molecule has 1 unspecified atom stereocenters. The first-order valence-corrected chi connectivity index (χ1v) is 17.4. The number of carbonyl (C=O) groups excluding carboxylic acids is 3. The fraction of sp³-hybridized carbons (Fsp3) is 0.355. The van der Waals surface area contributed by atoms with E-state index in [4.69, 9.17) is 15.3 Å². The van der Waals surface area contributed by atoms with Crippen molar-refractivity contribution in [3.8, 4) is 11.5 Å². The second kappa shape index (κ2) is 14.8. The van der Waals surface area contributed by atoms with Crippen LogP contribution < -0.4 is 16.5 Å². The Kier molecular flexibility index (Phi) is 10.7. The molecule has 0 aliphatic carbocycles. The number of nitrogens with two attached hydrogens (primary N) is 1. The van der Waals surface area contributed by atoms with Crippen molar-refractivity contribution in [2.45, 2.75) is 50.6 Å². The van der Waals surface area contributed by atoms with Crippen LogP contribution in [-0.2, 0) is 24.0 Å². The maximum Gasteiger partial charge on any atom is 0.512 e. The van der Waals surface area contributed by atoms with Gasteiger partial charge in [0, 0.05) is 42.1 Å². The van der Waals surface area contributed by atoms with Gasteiger partial charge < -0.3 is 50.9 Å². The van der Waals surface area contributed by atoms with Crippen LogP contribution in [0.15, 0.2) is 45.1 Å². The summed E-state index contributed by atoms with van der Waals surface area (Å²) in [4.78, 5) is 91.7. The van der Waals surface area contributed by atoms with Crippen molar-refractivity contribution in [2.24, 2.45) is 5.16 Å². The van der Waals surface area contributed by atoms with Crippen molar-refractivity contribution >= 4 is 74.7 Å². The second-order valence-electron chi connectivity index (χ2n) is 12.1. The topological polar surface area (TPSA) is 287 Å². The van der Waals surface area contributed by atoms with Gasteiger partial charge in [0.25, 0.3) is 17.7 Å². The van der Waals surface area contributed by atoms with Crippen molar-refractivity contribution in [3.63, 3.8) is 0 Å². The number of nitrogen functional groups attached to an aromatic ring is 1. The highest BCUT2D eigenvalue weighted by Gasteiger charge is 2.54. The summed E-state index contributed by atoms with van der Waals surface area (Å²) in [5.74, 6) is -5.15. The van der Waals surface area contributed by atoms with Crippen LogP contribution in [0.5, 0.6) is 11.5 Å². The molecule has 3 aromatic rings. The van der Waals surface area contributed by atoms with Gasteiger partial charge >= 0.3 is 12.1 Å². The van der Waals surface area contributed by atoms with E-state index in [1.807, 2.05) is 6.92 Å². The first-order chi connectivity index (χ1) is 24.5. The van der Waals surface area contributed by atoms with E-state index in [0.717, 1.165) is 40.1 Å². The number of aliphatic carboxylic acids is 1. The van der Waals surface area contributed by atoms with Gasteiger partial charge in [0.2, 0.25) is 16.9 Å². The van der Waals surface area contributed by atoms with Gasteiger partial charge in [-0.25, -0.2) is 14.6 Å². The molecule has 2 aromatic heterocycles. The molecule has 276 valence electrons. The molecule has 1 aromatic carbocycles. The van der Waals surface area contributed by atoms with Crippen molar-refractivity contribution in [1.29, 1.82) is 0 Å². The largest absolute Gasteiger partial charge is 0.512 e. The lowest BCUT2D eigenvalue weighted by molar-refractivity contribution is -0.161. The summed E-state index contributed by atoms with van der Waals surface area (Å²) in [7, 11) is 0. The number of unbranched alkanes of at least 4 members (excludes halogenated alkanes) is 1. The molecule has 0 radical (unpaired) electrons. The third-order valence-electron chi connectivity index (χ3n) is 7.98. The smallest absolute Gasteiger partial charge is 0.504 e. The fourth-order valence-corrected chi connectivity index (χ4v) is 6.99. The van der Waals surface area contributed by atoms with Gasteiger partial charge in [0.15, 0.2) is 22.3 Å². The van der Waals surface area contributed by atoms with Crippen LogP contribution in [0.4, 0.5) is 9.93 Å². The lowest BCUT2D eigenvalue weighted by Gasteiger charge is -2.49. The Balaban J connectivity index is 1.41. The van der Waals surface area contributed by atoms with Crippen molar-refractivity contribution < 1.29 is 54.0 Å². The van der Waals surface area contributed by atoms with Crippen molar-refractivity contribution in [2.75, 3.05) is 24.6 Å². The second-order valence-corrected chi connectivity index (χ2v) is 14.0. The summed E-state index contributed by atoms with van der Waals surface area (Å²) in [6, 6.07) is 0.956. The van der Waals surface area contributed by atoms with E-state index < -0.39 is 69.5 Å². The van der Waals surface area contributed by atoms with Crippen LogP contribution >= 0.6 is 23.1 Å². The number of carboxylic acid groups (broad SMARTS) is 2. The van der Waals surface area contributed by atoms with Crippen LogP contribution in [0.25, 0.3) is 10.9 Å². The monoisotopic (exact) mass is 759 g/mol. The van der Waals surface area contributed by atoms with E-state index >= 15 is 0 Å². The van der Waals surface area contributed by atoms with Crippen LogP contribution in [0.1, 0.15) is 49.7 Å². The van der Waals surface area contributed by atoms with Crippen LogP contribution in [0.2, 0.25) is 0 Å². The molecule has 2 aliphatic heterocycles. The number of nitrogens with one attached hydrogen (secondary N) is 2. The summed E-state index contributed by atoms with van der Waals surface area (Å²) in [5.41, 5.74) is 2.77. The highest BCUT2D eigenvalue weighted by atomic mass is 32.2. The molecule has 52 heavy (non-hydrogen) atoms. The van der Waals surface area contributed by atoms with E-state index in [0.29, 0.717) is 12.8 Å². The number of oxime groups is 1. The minimum absolute atomic E-state index is 0.0417. The third-order valence-corrected chi connectivity index (χ3v) is 9.99. The molecule has 1 saturated heterocycles. The third kappa shape index (κ3) is 7.44. The predicted molar refractivity (Wildman–Crippen MR) is 186 cm³/mol. The summed E-state index contributed by atoms with van der Waals surface area (Å²) in [6.45, 7) is 4.20. The number of rotatable bonds is 13. The summed E-state index contributed by atoms with van der Waals surface area (Å²) in [5, 5.41) is 45.5. The highest BCUT2D eigenvalue weighted by Crippen LogP contribution is 2.41. The maximum absolute atomic E-state index is 13.8. The number of nitrogens with zero attached hydrogens (tertiary/aromatic N) is 4. The number of aromatic nitrogens is 2. The number of hydrogen-bond donors (Lipinski definition) is 7. The van der Waals surface area contributed by atoms with E-state index in [9.17, 15) is 49.2 Å². The number of pyridine rings is 1. The maximum atomic E-state index is 13.8. The number of thiazole rings is 1. The Bertz CT molecular complexity index is 2090. The molecule has 1 fully saturated rings. The molecule has 5 rings (SSSR count). The number of carboxylic acids is 1. The number of hydrogen-bond acceptors (Lipinski definition) is 15. The molecule has 2 atom stereocenters. The Hall–Kier alpha value is -5.83. The Labute approximate surface area is 301 Å². The van der Waals surface area contributed by atoms with Gasteiger partial charge in [0.05, 0.1) is 10.9 Å². The van der Waals surface area contributed by atoms with Gasteiger partial charge in [0.1, 0.15) is 22.7 Å². The number of carbonyl (C=O) groups is 5. The van der Waals surface area contributed by atoms with E-state index in [1.165, 1.54) is 30.3 Å². The number of fused-ring (bicyclic) bond motifs is 2. The number of aromatic amines is 1. The van der Waals surface area contributed by atoms with Crippen molar-refractivity contribution in [3.05, 3.63) is 56.6 Å².